The largest absolute Gasteiger partial charge is 0.447 e. The van der Waals surface area contributed by atoms with Crippen molar-refractivity contribution in [3.05, 3.63) is 29.3 Å². The van der Waals surface area contributed by atoms with Crippen LogP contribution in [0.15, 0.2) is 24.3 Å². The number of ether oxygens (including phenoxy) is 1. The van der Waals surface area contributed by atoms with Crippen molar-refractivity contribution in [2.24, 2.45) is 5.92 Å². The Morgan fingerprint density at radius 3 is 2.16 bits per heavy atom. The third-order valence-corrected chi connectivity index (χ3v) is 3.66. The number of nitrogens with one attached hydrogen (secondary N) is 3. The van der Waals surface area contributed by atoms with Gasteiger partial charge in [-0.25, -0.2) is 4.79 Å². The quantitative estimate of drug-likeness (QED) is 0.656. The van der Waals surface area contributed by atoms with Gasteiger partial charge in [0.2, 0.25) is 5.91 Å². The molecule has 0 fully saturated rings. The van der Waals surface area contributed by atoms with Crippen molar-refractivity contribution in [2.75, 3.05) is 11.9 Å². The van der Waals surface area contributed by atoms with Gasteiger partial charge in [0.15, 0.2) is 0 Å². The summed E-state index contributed by atoms with van der Waals surface area (Å²) in [6, 6.07) is 6.57. The van der Waals surface area contributed by atoms with Crippen LogP contribution in [0.25, 0.3) is 0 Å². The lowest BCUT2D eigenvalue weighted by molar-refractivity contribution is -0.124. The Bertz CT molecular complexity index is 561. The van der Waals surface area contributed by atoms with Crippen LogP contribution in [-0.4, -0.2) is 36.7 Å². The van der Waals surface area contributed by atoms with E-state index in [1.165, 1.54) is 0 Å². The zero-order chi connectivity index (χ0) is 19.0. The molecule has 1 aromatic rings. The van der Waals surface area contributed by atoms with Gasteiger partial charge in [-0.1, -0.05) is 25.4 Å². The third kappa shape index (κ3) is 8.12. The van der Waals surface area contributed by atoms with Crippen LogP contribution in [0.2, 0.25) is 5.02 Å². The molecule has 1 unspecified atom stereocenters. The SMILES string of the molecule is CC(CNc1ccc(Cl)cc1)NC(=O)[C@@H](NC(=O)OC(C)C)C(C)C. The Balaban J connectivity index is 2.51. The average Bonchev–Trinajstić information content (AvgIpc) is 2.51. The number of rotatable bonds is 8. The Morgan fingerprint density at radius 2 is 1.64 bits per heavy atom. The summed E-state index contributed by atoms with van der Waals surface area (Å²) < 4.78 is 5.05. The van der Waals surface area contributed by atoms with E-state index in [-0.39, 0.29) is 24.0 Å². The molecule has 0 spiro atoms. The number of hydrogen-bond acceptors (Lipinski definition) is 4. The molecule has 25 heavy (non-hydrogen) atoms. The van der Waals surface area contributed by atoms with Crippen LogP contribution in [0.5, 0.6) is 0 Å². The van der Waals surface area contributed by atoms with Gasteiger partial charge in [0.1, 0.15) is 6.04 Å². The highest BCUT2D eigenvalue weighted by atomic mass is 35.5. The molecular formula is C18H28ClN3O3. The van der Waals surface area contributed by atoms with E-state index < -0.39 is 12.1 Å². The summed E-state index contributed by atoms with van der Waals surface area (Å²) in [5, 5.41) is 9.43. The maximum atomic E-state index is 12.4. The molecule has 140 valence electrons. The summed E-state index contributed by atoms with van der Waals surface area (Å²) in [6.07, 6.45) is -0.825. The fourth-order valence-electron chi connectivity index (χ4n) is 2.13. The lowest BCUT2D eigenvalue weighted by atomic mass is 10.0. The van der Waals surface area contributed by atoms with Gasteiger partial charge in [0, 0.05) is 23.3 Å². The van der Waals surface area contributed by atoms with Crippen molar-refractivity contribution in [2.45, 2.75) is 52.8 Å². The van der Waals surface area contributed by atoms with E-state index >= 15 is 0 Å². The Kier molecular flexibility index (Phi) is 8.55. The second-order valence-electron chi connectivity index (χ2n) is 6.62. The molecule has 0 aromatic heterocycles. The maximum Gasteiger partial charge on any atom is 0.408 e. The number of anilines is 1. The molecule has 7 heteroatoms. The zero-order valence-corrected chi connectivity index (χ0v) is 16.2. The summed E-state index contributed by atoms with van der Waals surface area (Å²) in [5.41, 5.74) is 0.921. The van der Waals surface area contributed by atoms with Crippen molar-refractivity contribution in [1.29, 1.82) is 0 Å². The van der Waals surface area contributed by atoms with Crippen LogP contribution in [0, 0.1) is 5.92 Å². The predicted octanol–water partition coefficient (Wildman–Crippen LogP) is 3.42. The van der Waals surface area contributed by atoms with Gasteiger partial charge in [-0.2, -0.15) is 0 Å². The standard InChI is InChI=1S/C18H28ClN3O3/c1-11(2)16(22-18(24)25-12(3)4)17(23)21-13(5)10-20-15-8-6-14(19)7-9-15/h6-9,11-13,16,20H,10H2,1-5H3,(H,21,23)(H,22,24)/t13?,16-/m0/s1. The number of halogens is 1. The number of carbonyl (C=O) groups is 2. The Morgan fingerprint density at radius 1 is 1.04 bits per heavy atom. The number of benzene rings is 1. The van der Waals surface area contributed by atoms with Gasteiger partial charge in [0.25, 0.3) is 0 Å². The van der Waals surface area contributed by atoms with E-state index in [9.17, 15) is 9.59 Å². The van der Waals surface area contributed by atoms with Crippen LogP contribution in [0.3, 0.4) is 0 Å². The van der Waals surface area contributed by atoms with E-state index in [4.69, 9.17) is 16.3 Å². The van der Waals surface area contributed by atoms with Gasteiger partial charge < -0.3 is 20.7 Å². The fourth-order valence-corrected chi connectivity index (χ4v) is 2.26. The van der Waals surface area contributed by atoms with Gasteiger partial charge in [0.05, 0.1) is 6.10 Å². The lowest BCUT2D eigenvalue weighted by Crippen LogP contribution is -2.53. The van der Waals surface area contributed by atoms with Gasteiger partial charge in [-0.15, -0.1) is 0 Å². The fraction of sp³-hybridized carbons (Fsp3) is 0.556. The second kappa shape index (κ2) is 10.1. The van der Waals surface area contributed by atoms with Crippen molar-refractivity contribution in [3.8, 4) is 0 Å². The molecule has 0 aliphatic heterocycles. The molecule has 1 rings (SSSR count). The molecule has 3 N–H and O–H groups in total. The number of amides is 2. The van der Waals surface area contributed by atoms with Gasteiger partial charge in [-0.3, -0.25) is 4.79 Å². The predicted molar refractivity (Wildman–Crippen MR) is 101 cm³/mol. The molecular weight excluding hydrogens is 342 g/mol. The average molecular weight is 370 g/mol. The molecule has 2 amide bonds. The van der Waals surface area contributed by atoms with Crippen LogP contribution < -0.4 is 16.0 Å². The Labute approximate surface area is 154 Å². The molecule has 6 nitrogen and oxygen atoms in total. The molecule has 0 saturated heterocycles. The van der Waals surface area contributed by atoms with E-state index in [1.807, 2.05) is 32.9 Å². The molecule has 1 aromatic carbocycles. The first-order chi connectivity index (χ1) is 11.7. The summed E-state index contributed by atoms with van der Waals surface area (Å²) in [5.74, 6) is -0.294. The first-order valence-electron chi connectivity index (χ1n) is 8.46. The topological polar surface area (TPSA) is 79.5 Å². The molecule has 0 radical (unpaired) electrons. The Hall–Kier alpha value is -1.95. The van der Waals surface area contributed by atoms with Crippen LogP contribution in [0.4, 0.5) is 10.5 Å². The first kappa shape index (κ1) is 21.1. The van der Waals surface area contributed by atoms with Crippen LogP contribution in [0.1, 0.15) is 34.6 Å². The summed E-state index contributed by atoms with van der Waals surface area (Å²) in [7, 11) is 0. The molecule has 0 aliphatic carbocycles. The summed E-state index contributed by atoms with van der Waals surface area (Å²) in [4.78, 5) is 24.2. The summed E-state index contributed by atoms with van der Waals surface area (Å²) in [6.45, 7) is 9.70. The minimum absolute atomic E-state index is 0.0591. The minimum atomic E-state index is -0.649. The van der Waals surface area contributed by atoms with E-state index in [2.05, 4.69) is 16.0 Å². The van der Waals surface area contributed by atoms with Crippen LogP contribution in [-0.2, 0) is 9.53 Å². The highest BCUT2D eigenvalue weighted by Crippen LogP contribution is 2.13. The van der Waals surface area contributed by atoms with E-state index in [1.54, 1.807) is 26.0 Å². The molecule has 0 saturated carbocycles. The van der Waals surface area contributed by atoms with Gasteiger partial charge in [-0.05, 0) is 51.0 Å². The van der Waals surface area contributed by atoms with Crippen molar-refractivity contribution >= 4 is 29.3 Å². The van der Waals surface area contributed by atoms with Crippen molar-refractivity contribution < 1.29 is 14.3 Å². The molecule has 0 heterocycles. The van der Waals surface area contributed by atoms with Crippen LogP contribution >= 0.6 is 11.6 Å². The molecule has 0 aliphatic rings. The number of alkyl carbamates (subject to hydrolysis) is 1. The van der Waals surface area contributed by atoms with Crippen molar-refractivity contribution in [1.82, 2.24) is 10.6 Å². The minimum Gasteiger partial charge on any atom is -0.447 e. The second-order valence-corrected chi connectivity index (χ2v) is 7.05. The molecule has 2 atom stereocenters. The van der Waals surface area contributed by atoms with Crippen molar-refractivity contribution in [3.63, 3.8) is 0 Å². The van der Waals surface area contributed by atoms with E-state index in [0.29, 0.717) is 11.6 Å². The monoisotopic (exact) mass is 369 g/mol. The highest BCUT2D eigenvalue weighted by molar-refractivity contribution is 6.30. The number of hydrogen-bond donors (Lipinski definition) is 3. The zero-order valence-electron chi connectivity index (χ0n) is 15.4. The highest BCUT2D eigenvalue weighted by Gasteiger charge is 2.26. The number of carbonyl (C=O) groups excluding carboxylic acids is 2. The summed E-state index contributed by atoms with van der Waals surface area (Å²) >= 11 is 5.85. The van der Waals surface area contributed by atoms with Gasteiger partial charge >= 0.3 is 6.09 Å². The maximum absolute atomic E-state index is 12.4. The molecule has 0 bridgehead atoms. The smallest absolute Gasteiger partial charge is 0.408 e. The lowest BCUT2D eigenvalue weighted by Gasteiger charge is -2.24. The van der Waals surface area contributed by atoms with E-state index in [0.717, 1.165) is 5.69 Å². The third-order valence-electron chi connectivity index (χ3n) is 3.41. The first-order valence-corrected chi connectivity index (χ1v) is 8.83. The normalized spacial score (nSPS) is 13.3.